The minimum atomic E-state index is -0.270. The van der Waals surface area contributed by atoms with Gasteiger partial charge in [0.2, 0.25) is 0 Å². The zero-order valence-corrected chi connectivity index (χ0v) is 12.2. The molecule has 2 aromatic carbocycles. The molecule has 0 aromatic heterocycles. The molecule has 2 aromatic rings. The number of nitrogens with zero attached hydrogens (tertiary/aromatic N) is 1. The summed E-state index contributed by atoms with van der Waals surface area (Å²) in [5, 5.41) is 7.03. The van der Waals surface area contributed by atoms with Crippen LogP contribution in [0.5, 0.6) is 0 Å². The molecule has 1 aliphatic heterocycles. The van der Waals surface area contributed by atoms with E-state index in [4.69, 9.17) is 11.6 Å². The topological polar surface area (TPSA) is 70.6 Å². The Morgan fingerprint density at radius 1 is 1.27 bits per heavy atom. The summed E-state index contributed by atoms with van der Waals surface area (Å²) >= 11 is 6.04. The van der Waals surface area contributed by atoms with E-state index in [0.29, 0.717) is 28.5 Å². The highest BCUT2D eigenvalue weighted by Crippen LogP contribution is 2.19. The first-order valence-electron chi connectivity index (χ1n) is 6.63. The molecule has 0 atom stereocenters. The lowest BCUT2D eigenvalue weighted by atomic mass is 10.0. The van der Waals surface area contributed by atoms with Gasteiger partial charge >= 0.3 is 0 Å². The van der Waals surface area contributed by atoms with Crippen LogP contribution in [0.4, 0.5) is 5.69 Å². The van der Waals surface area contributed by atoms with Gasteiger partial charge in [-0.3, -0.25) is 9.59 Å². The Balaban J connectivity index is 1.85. The fourth-order valence-corrected chi connectivity index (χ4v) is 2.45. The third kappa shape index (κ3) is 2.84. The normalized spacial score (nSPS) is 12.7. The van der Waals surface area contributed by atoms with Gasteiger partial charge in [-0.25, -0.2) is 0 Å². The maximum atomic E-state index is 12.3. The van der Waals surface area contributed by atoms with Crippen LogP contribution in [0.25, 0.3) is 0 Å². The predicted octanol–water partition coefficient (Wildman–Crippen LogP) is 2.76. The Bertz CT molecular complexity index is 787. The number of benzene rings is 2. The van der Waals surface area contributed by atoms with Gasteiger partial charge in [-0.1, -0.05) is 29.8 Å². The molecule has 1 amide bonds. The van der Waals surface area contributed by atoms with Crippen molar-refractivity contribution in [2.24, 2.45) is 5.10 Å². The molecule has 1 heterocycles. The monoisotopic (exact) mass is 313 g/mol. The number of anilines is 1. The Hall–Kier alpha value is -2.66. The van der Waals surface area contributed by atoms with E-state index in [0.717, 1.165) is 17.4 Å². The molecule has 1 aliphatic rings. The molecule has 110 valence electrons. The van der Waals surface area contributed by atoms with E-state index in [9.17, 15) is 9.59 Å². The molecule has 6 heteroatoms. The SMILES string of the molecule is O=Cc1cccc(NC(=O)c2ccc3c(c2)C(Cl)=NNC3)c1. The summed E-state index contributed by atoms with van der Waals surface area (Å²) in [4.78, 5) is 23.1. The van der Waals surface area contributed by atoms with Crippen LogP contribution < -0.4 is 10.7 Å². The summed E-state index contributed by atoms with van der Waals surface area (Å²) in [6.45, 7) is 0.578. The van der Waals surface area contributed by atoms with E-state index >= 15 is 0 Å². The van der Waals surface area contributed by atoms with Gasteiger partial charge in [-0.15, -0.1) is 0 Å². The summed E-state index contributed by atoms with van der Waals surface area (Å²) in [6, 6.07) is 12.0. The predicted molar refractivity (Wildman–Crippen MR) is 85.5 cm³/mol. The number of halogens is 1. The van der Waals surface area contributed by atoms with Crippen molar-refractivity contribution >= 4 is 34.7 Å². The maximum Gasteiger partial charge on any atom is 0.255 e. The van der Waals surface area contributed by atoms with Crippen LogP contribution in [-0.4, -0.2) is 17.4 Å². The third-order valence-corrected chi connectivity index (χ3v) is 3.61. The molecule has 0 fully saturated rings. The summed E-state index contributed by atoms with van der Waals surface area (Å²) in [5.41, 5.74) is 6.09. The average Bonchev–Trinajstić information content (AvgIpc) is 2.55. The fourth-order valence-electron chi connectivity index (χ4n) is 2.21. The summed E-state index contributed by atoms with van der Waals surface area (Å²) in [7, 11) is 0. The average molecular weight is 314 g/mol. The van der Waals surface area contributed by atoms with Crippen LogP contribution in [-0.2, 0) is 6.54 Å². The second kappa shape index (κ2) is 5.99. The number of nitrogens with one attached hydrogen (secondary N) is 2. The van der Waals surface area contributed by atoms with Gasteiger partial charge in [-0.2, -0.15) is 5.10 Å². The molecule has 0 radical (unpaired) electrons. The number of carbonyl (C=O) groups is 2. The van der Waals surface area contributed by atoms with Gasteiger partial charge in [0.05, 0.1) is 6.54 Å². The maximum absolute atomic E-state index is 12.3. The van der Waals surface area contributed by atoms with Gasteiger partial charge in [0.25, 0.3) is 5.91 Å². The molecule has 0 bridgehead atoms. The smallest absolute Gasteiger partial charge is 0.255 e. The zero-order chi connectivity index (χ0) is 15.5. The van der Waals surface area contributed by atoms with Crippen LogP contribution in [0.1, 0.15) is 31.8 Å². The van der Waals surface area contributed by atoms with E-state index in [2.05, 4.69) is 15.8 Å². The van der Waals surface area contributed by atoms with Gasteiger partial charge in [0, 0.05) is 22.4 Å². The number of hydrogen-bond acceptors (Lipinski definition) is 4. The number of amides is 1. The van der Waals surface area contributed by atoms with Crippen molar-refractivity contribution in [3.8, 4) is 0 Å². The van der Waals surface area contributed by atoms with Gasteiger partial charge in [0.15, 0.2) is 5.17 Å². The lowest BCUT2D eigenvalue weighted by Crippen LogP contribution is -2.19. The third-order valence-electron chi connectivity index (χ3n) is 3.32. The van der Waals surface area contributed by atoms with Crippen molar-refractivity contribution < 1.29 is 9.59 Å². The van der Waals surface area contributed by atoms with E-state index in [1.54, 1.807) is 36.4 Å². The van der Waals surface area contributed by atoms with Crippen LogP contribution >= 0.6 is 11.6 Å². The second-order valence-corrected chi connectivity index (χ2v) is 5.16. The Labute approximate surface area is 132 Å². The molecule has 2 N–H and O–H groups in total. The van der Waals surface area contributed by atoms with Gasteiger partial charge < -0.3 is 10.7 Å². The highest BCUT2D eigenvalue weighted by atomic mass is 35.5. The molecular weight excluding hydrogens is 302 g/mol. The molecular formula is C16H12ClN3O2. The van der Waals surface area contributed by atoms with Crippen LogP contribution in [0, 0.1) is 0 Å². The number of rotatable bonds is 3. The van der Waals surface area contributed by atoms with Crippen LogP contribution in [0.2, 0.25) is 0 Å². The Morgan fingerprint density at radius 2 is 2.14 bits per heavy atom. The van der Waals surface area contributed by atoms with Gasteiger partial charge in [-0.05, 0) is 29.8 Å². The molecule has 0 unspecified atom stereocenters. The Morgan fingerprint density at radius 3 is 2.95 bits per heavy atom. The van der Waals surface area contributed by atoms with E-state index in [1.165, 1.54) is 0 Å². The Kier molecular flexibility index (Phi) is 3.89. The summed E-state index contributed by atoms with van der Waals surface area (Å²) in [6.07, 6.45) is 0.734. The quantitative estimate of drug-likeness (QED) is 0.856. The van der Waals surface area contributed by atoms with Crippen molar-refractivity contribution in [1.29, 1.82) is 0 Å². The van der Waals surface area contributed by atoms with Gasteiger partial charge in [0.1, 0.15) is 6.29 Å². The largest absolute Gasteiger partial charge is 0.322 e. The molecule has 3 rings (SSSR count). The molecule has 5 nitrogen and oxygen atoms in total. The van der Waals surface area contributed by atoms with Crippen molar-refractivity contribution in [3.05, 3.63) is 64.7 Å². The zero-order valence-electron chi connectivity index (χ0n) is 11.5. The van der Waals surface area contributed by atoms with E-state index in [-0.39, 0.29) is 5.91 Å². The van der Waals surface area contributed by atoms with Crippen LogP contribution in [0.15, 0.2) is 47.6 Å². The number of carbonyl (C=O) groups excluding carboxylic acids is 2. The first-order valence-corrected chi connectivity index (χ1v) is 7.01. The number of hydrogen-bond donors (Lipinski definition) is 2. The van der Waals surface area contributed by atoms with Crippen LogP contribution in [0.3, 0.4) is 0 Å². The van der Waals surface area contributed by atoms with Crippen molar-refractivity contribution in [2.75, 3.05) is 5.32 Å². The lowest BCUT2D eigenvalue weighted by molar-refractivity contribution is 0.102. The number of aldehydes is 1. The molecule has 0 saturated carbocycles. The first-order chi connectivity index (χ1) is 10.7. The first kappa shape index (κ1) is 14.3. The number of hydrazone groups is 1. The van der Waals surface area contributed by atoms with Crippen molar-refractivity contribution in [3.63, 3.8) is 0 Å². The van der Waals surface area contributed by atoms with Crippen molar-refractivity contribution in [1.82, 2.24) is 5.43 Å². The fraction of sp³-hybridized carbons (Fsp3) is 0.0625. The molecule has 0 aliphatic carbocycles. The second-order valence-electron chi connectivity index (χ2n) is 4.81. The minimum absolute atomic E-state index is 0.270. The highest BCUT2D eigenvalue weighted by Gasteiger charge is 2.15. The standard InChI is InChI=1S/C16H12ClN3O2/c17-15-14-7-11(4-5-12(14)8-18-20-15)16(22)19-13-3-1-2-10(6-13)9-21/h1-7,9,18H,8H2,(H,19,22). The van der Waals surface area contributed by atoms with E-state index in [1.807, 2.05) is 6.07 Å². The summed E-state index contributed by atoms with van der Waals surface area (Å²) < 4.78 is 0. The molecule has 22 heavy (non-hydrogen) atoms. The summed E-state index contributed by atoms with van der Waals surface area (Å²) in [5.74, 6) is -0.270. The minimum Gasteiger partial charge on any atom is -0.322 e. The highest BCUT2D eigenvalue weighted by molar-refractivity contribution is 6.69. The van der Waals surface area contributed by atoms with Crippen molar-refractivity contribution in [2.45, 2.75) is 6.54 Å². The molecule has 0 saturated heterocycles. The van der Waals surface area contributed by atoms with E-state index < -0.39 is 0 Å². The molecule has 0 spiro atoms. The lowest BCUT2D eigenvalue weighted by Gasteiger charge is -2.15. The number of fused-ring (bicyclic) bond motifs is 1.